The van der Waals surface area contributed by atoms with Crippen LogP contribution in [0.25, 0.3) is 0 Å². The van der Waals surface area contributed by atoms with E-state index in [0.29, 0.717) is 6.04 Å². The number of benzene rings is 2. The van der Waals surface area contributed by atoms with Crippen molar-refractivity contribution in [3.05, 3.63) is 65.5 Å². The van der Waals surface area contributed by atoms with E-state index in [-0.39, 0.29) is 11.9 Å². The maximum atomic E-state index is 12.9. The highest BCUT2D eigenvalue weighted by molar-refractivity contribution is 5.29. The highest BCUT2D eigenvalue weighted by Crippen LogP contribution is 2.18. The molecule has 2 unspecified atom stereocenters. The average molecular weight is 287 g/mol. The van der Waals surface area contributed by atoms with Crippen LogP contribution in [0.15, 0.2) is 48.5 Å². The summed E-state index contributed by atoms with van der Waals surface area (Å²) in [4.78, 5) is 0. The van der Waals surface area contributed by atoms with Crippen molar-refractivity contribution in [1.29, 1.82) is 0 Å². The van der Waals surface area contributed by atoms with E-state index in [1.807, 2.05) is 24.3 Å². The first-order chi connectivity index (χ1) is 10.1. The molecule has 2 nitrogen and oxygen atoms in total. The smallest absolute Gasteiger partial charge is 0.123 e. The molecule has 0 bridgehead atoms. The zero-order valence-electron chi connectivity index (χ0n) is 12.8. The molecular weight excluding hydrogens is 265 g/mol. The Morgan fingerprint density at radius 3 is 2.19 bits per heavy atom. The van der Waals surface area contributed by atoms with E-state index >= 15 is 0 Å². The van der Waals surface area contributed by atoms with Gasteiger partial charge in [0.25, 0.3) is 0 Å². The minimum atomic E-state index is -0.189. The molecule has 1 N–H and O–H groups in total. The number of rotatable bonds is 6. The average Bonchev–Trinajstić information content (AvgIpc) is 2.49. The number of methoxy groups -OCH3 is 1. The van der Waals surface area contributed by atoms with Crippen LogP contribution in [0.4, 0.5) is 4.39 Å². The third-order valence-corrected chi connectivity index (χ3v) is 3.61. The van der Waals surface area contributed by atoms with Gasteiger partial charge in [-0.25, -0.2) is 4.39 Å². The van der Waals surface area contributed by atoms with Crippen LogP contribution < -0.4 is 10.1 Å². The monoisotopic (exact) mass is 287 g/mol. The van der Waals surface area contributed by atoms with Gasteiger partial charge in [0.1, 0.15) is 11.6 Å². The molecule has 2 rings (SSSR count). The summed E-state index contributed by atoms with van der Waals surface area (Å²) in [6, 6.07) is 15.3. The molecular formula is C18H22FNO. The van der Waals surface area contributed by atoms with Gasteiger partial charge in [-0.3, -0.25) is 0 Å². The molecule has 0 aromatic heterocycles. The predicted octanol–water partition coefficient (Wildman–Crippen LogP) is 4.12. The highest BCUT2D eigenvalue weighted by Gasteiger charge is 2.10. The minimum Gasteiger partial charge on any atom is -0.497 e. The second-order valence-electron chi connectivity index (χ2n) is 5.39. The standard InChI is InChI=1S/C18H22FNO/c1-13(12-15-4-8-17(19)9-5-15)20-14(2)16-6-10-18(21-3)11-7-16/h4-11,13-14,20H,12H2,1-3H3. The molecule has 112 valence electrons. The molecule has 0 aliphatic heterocycles. The van der Waals surface area contributed by atoms with Crippen LogP contribution in [0.5, 0.6) is 5.75 Å². The van der Waals surface area contributed by atoms with E-state index in [0.717, 1.165) is 17.7 Å². The van der Waals surface area contributed by atoms with Gasteiger partial charge in [0.05, 0.1) is 7.11 Å². The van der Waals surface area contributed by atoms with Crippen LogP contribution in [-0.2, 0) is 6.42 Å². The first-order valence-corrected chi connectivity index (χ1v) is 7.23. The van der Waals surface area contributed by atoms with Crippen molar-refractivity contribution in [3.63, 3.8) is 0 Å². The summed E-state index contributed by atoms with van der Waals surface area (Å²) in [7, 11) is 1.67. The number of hydrogen-bond donors (Lipinski definition) is 1. The summed E-state index contributed by atoms with van der Waals surface area (Å²) < 4.78 is 18.1. The molecule has 0 spiro atoms. The van der Waals surface area contributed by atoms with E-state index in [2.05, 4.69) is 31.3 Å². The third-order valence-electron chi connectivity index (χ3n) is 3.61. The van der Waals surface area contributed by atoms with Crippen LogP contribution >= 0.6 is 0 Å². The fourth-order valence-electron chi connectivity index (χ4n) is 2.45. The fourth-order valence-corrected chi connectivity index (χ4v) is 2.45. The largest absolute Gasteiger partial charge is 0.497 e. The summed E-state index contributed by atoms with van der Waals surface area (Å²) in [6.07, 6.45) is 0.876. The van der Waals surface area contributed by atoms with Crippen molar-refractivity contribution in [2.24, 2.45) is 0 Å². The molecule has 0 fully saturated rings. The Hall–Kier alpha value is -1.87. The highest BCUT2D eigenvalue weighted by atomic mass is 19.1. The van der Waals surface area contributed by atoms with E-state index in [1.54, 1.807) is 7.11 Å². The van der Waals surface area contributed by atoms with Gasteiger partial charge < -0.3 is 10.1 Å². The van der Waals surface area contributed by atoms with E-state index in [4.69, 9.17) is 4.74 Å². The Morgan fingerprint density at radius 2 is 1.62 bits per heavy atom. The van der Waals surface area contributed by atoms with Gasteiger partial charge in [0.15, 0.2) is 0 Å². The first-order valence-electron chi connectivity index (χ1n) is 7.23. The Balaban J connectivity index is 1.91. The fraction of sp³-hybridized carbons (Fsp3) is 0.333. The molecule has 0 saturated carbocycles. The summed E-state index contributed by atoms with van der Waals surface area (Å²) >= 11 is 0. The van der Waals surface area contributed by atoms with Crippen molar-refractivity contribution in [2.75, 3.05) is 7.11 Å². The lowest BCUT2D eigenvalue weighted by Crippen LogP contribution is -2.30. The van der Waals surface area contributed by atoms with Crippen LogP contribution in [0, 0.1) is 5.82 Å². The van der Waals surface area contributed by atoms with Crippen molar-refractivity contribution in [1.82, 2.24) is 5.32 Å². The van der Waals surface area contributed by atoms with Crippen molar-refractivity contribution in [2.45, 2.75) is 32.4 Å². The molecule has 2 atom stereocenters. The summed E-state index contributed by atoms with van der Waals surface area (Å²) in [5.41, 5.74) is 2.36. The predicted molar refractivity (Wildman–Crippen MR) is 84.1 cm³/mol. The van der Waals surface area contributed by atoms with Gasteiger partial charge in [0.2, 0.25) is 0 Å². The number of ether oxygens (including phenoxy) is 1. The van der Waals surface area contributed by atoms with Crippen LogP contribution in [-0.4, -0.2) is 13.2 Å². The lowest BCUT2D eigenvalue weighted by Gasteiger charge is -2.20. The molecule has 2 aromatic carbocycles. The maximum absolute atomic E-state index is 12.9. The Kier molecular flexibility index (Phi) is 5.34. The Bertz CT molecular complexity index is 550. The molecule has 0 radical (unpaired) electrons. The topological polar surface area (TPSA) is 21.3 Å². The van der Waals surface area contributed by atoms with Gasteiger partial charge in [0, 0.05) is 12.1 Å². The van der Waals surface area contributed by atoms with E-state index in [1.165, 1.54) is 17.7 Å². The van der Waals surface area contributed by atoms with Crippen LogP contribution in [0.2, 0.25) is 0 Å². The Labute approximate surface area is 126 Å². The van der Waals surface area contributed by atoms with Crippen molar-refractivity contribution in [3.8, 4) is 5.75 Å². The van der Waals surface area contributed by atoms with Gasteiger partial charge >= 0.3 is 0 Å². The molecule has 0 aliphatic carbocycles. The van der Waals surface area contributed by atoms with E-state index in [9.17, 15) is 4.39 Å². The second-order valence-corrected chi connectivity index (χ2v) is 5.39. The molecule has 2 aromatic rings. The summed E-state index contributed by atoms with van der Waals surface area (Å²) in [5.74, 6) is 0.677. The normalized spacial score (nSPS) is 13.7. The van der Waals surface area contributed by atoms with Crippen molar-refractivity contribution < 1.29 is 9.13 Å². The van der Waals surface area contributed by atoms with Crippen molar-refractivity contribution >= 4 is 0 Å². The number of halogens is 1. The lowest BCUT2D eigenvalue weighted by molar-refractivity contribution is 0.414. The second kappa shape index (κ2) is 7.23. The molecule has 3 heteroatoms. The van der Waals surface area contributed by atoms with Crippen LogP contribution in [0.3, 0.4) is 0 Å². The maximum Gasteiger partial charge on any atom is 0.123 e. The lowest BCUT2D eigenvalue weighted by atomic mass is 10.0. The van der Waals surface area contributed by atoms with Gasteiger partial charge in [-0.15, -0.1) is 0 Å². The third kappa shape index (κ3) is 4.57. The summed E-state index contributed by atoms with van der Waals surface area (Å²) in [6.45, 7) is 4.28. The minimum absolute atomic E-state index is 0.189. The Morgan fingerprint density at radius 1 is 1.00 bits per heavy atom. The molecule has 0 heterocycles. The SMILES string of the molecule is COc1ccc(C(C)NC(C)Cc2ccc(F)cc2)cc1. The quantitative estimate of drug-likeness (QED) is 0.863. The summed E-state index contributed by atoms with van der Waals surface area (Å²) in [5, 5.41) is 3.56. The first kappa shape index (κ1) is 15.5. The number of nitrogens with one attached hydrogen (secondary N) is 1. The molecule has 0 amide bonds. The zero-order valence-corrected chi connectivity index (χ0v) is 12.8. The molecule has 0 aliphatic rings. The van der Waals surface area contributed by atoms with Gasteiger partial charge in [-0.2, -0.15) is 0 Å². The zero-order chi connectivity index (χ0) is 15.2. The van der Waals surface area contributed by atoms with E-state index < -0.39 is 0 Å². The number of hydrogen-bond acceptors (Lipinski definition) is 2. The van der Waals surface area contributed by atoms with Crippen LogP contribution in [0.1, 0.15) is 31.0 Å². The molecule has 0 saturated heterocycles. The van der Waals surface area contributed by atoms with Gasteiger partial charge in [-0.05, 0) is 55.7 Å². The molecule has 21 heavy (non-hydrogen) atoms. The van der Waals surface area contributed by atoms with Gasteiger partial charge in [-0.1, -0.05) is 24.3 Å².